The topological polar surface area (TPSA) is 135 Å². The lowest BCUT2D eigenvalue weighted by atomic mass is 10.2. The van der Waals surface area contributed by atoms with Crippen molar-refractivity contribution >= 4 is 17.1 Å². The first-order chi connectivity index (χ1) is 7.07. The van der Waals surface area contributed by atoms with Crippen molar-refractivity contribution in [3.63, 3.8) is 0 Å². The minimum atomic E-state index is -0.850. The van der Waals surface area contributed by atoms with Crippen LogP contribution in [0.15, 0.2) is 23.3 Å². The van der Waals surface area contributed by atoms with E-state index in [-0.39, 0.29) is 0 Å². The van der Waals surface area contributed by atoms with E-state index in [1.165, 1.54) is 0 Å². The van der Waals surface area contributed by atoms with Gasteiger partial charge in [0.25, 0.3) is 11.4 Å². The van der Waals surface area contributed by atoms with Gasteiger partial charge in [-0.2, -0.15) is 0 Å². The van der Waals surface area contributed by atoms with Crippen molar-refractivity contribution < 1.29 is 9.85 Å². The Balaban J connectivity index is 3.55. The molecule has 0 aliphatic rings. The average Bonchev–Trinajstić information content (AvgIpc) is 2.17. The summed E-state index contributed by atoms with van der Waals surface area (Å²) in [6, 6.07) is 3.20. The van der Waals surface area contributed by atoms with E-state index in [4.69, 9.17) is 5.53 Å². The van der Waals surface area contributed by atoms with Crippen LogP contribution in [-0.4, -0.2) is 9.85 Å². The van der Waals surface area contributed by atoms with E-state index in [2.05, 4.69) is 10.0 Å². The third-order valence-electron chi connectivity index (χ3n) is 1.53. The first-order valence-electron chi connectivity index (χ1n) is 3.55. The summed E-state index contributed by atoms with van der Waals surface area (Å²) in [6.45, 7) is 0. The minimum Gasteiger partial charge on any atom is -0.258 e. The predicted molar refractivity (Wildman–Crippen MR) is 48.6 cm³/mol. The fourth-order valence-corrected chi connectivity index (χ4v) is 0.961. The Kier molecular flexibility index (Phi) is 2.79. The van der Waals surface area contributed by atoms with Gasteiger partial charge in [0.1, 0.15) is 0 Å². The van der Waals surface area contributed by atoms with E-state index in [0.29, 0.717) is 0 Å². The van der Waals surface area contributed by atoms with Gasteiger partial charge in [-0.25, -0.2) is 0 Å². The van der Waals surface area contributed by atoms with Crippen LogP contribution in [0.1, 0.15) is 0 Å². The van der Waals surface area contributed by atoms with Crippen LogP contribution < -0.4 is 0 Å². The molecule has 0 N–H and O–H groups in total. The van der Waals surface area contributed by atoms with Gasteiger partial charge in [-0.3, -0.25) is 20.2 Å². The molecule has 0 bridgehead atoms. The normalized spacial score (nSPS) is 9.07. The van der Waals surface area contributed by atoms with Gasteiger partial charge in [-0.15, -0.1) is 0 Å². The molecule has 0 aromatic heterocycles. The Labute approximate surface area is 81.9 Å². The molecular weight excluding hydrogens is 206 g/mol. The summed E-state index contributed by atoms with van der Waals surface area (Å²) in [5.41, 5.74) is 6.37. The number of azide groups is 1. The summed E-state index contributed by atoms with van der Waals surface area (Å²) in [7, 11) is 0. The quantitative estimate of drug-likeness (QED) is 0.248. The van der Waals surface area contributed by atoms with Crippen molar-refractivity contribution in [3.8, 4) is 0 Å². The first-order valence-corrected chi connectivity index (χ1v) is 3.55. The number of nitrogens with zero attached hydrogens (tertiary/aromatic N) is 5. The monoisotopic (exact) mass is 209 g/mol. The van der Waals surface area contributed by atoms with Gasteiger partial charge in [-0.05, 0) is 16.7 Å². The van der Waals surface area contributed by atoms with E-state index >= 15 is 0 Å². The van der Waals surface area contributed by atoms with Crippen molar-refractivity contribution in [2.45, 2.75) is 0 Å². The summed E-state index contributed by atoms with van der Waals surface area (Å²) in [5.74, 6) is 0. The molecule has 0 aliphatic carbocycles. The van der Waals surface area contributed by atoms with Crippen LogP contribution in [0.5, 0.6) is 0 Å². The van der Waals surface area contributed by atoms with Crippen molar-refractivity contribution in [1.82, 2.24) is 0 Å². The Morgan fingerprint density at radius 1 is 1.20 bits per heavy atom. The second-order valence-corrected chi connectivity index (χ2v) is 2.35. The zero-order chi connectivity index (χ0) is 11.4. The second kappa shape index (κ2) is 4.03. The Morgan fingerprint density at radius 2 is 1.67 bits per heavy atom. The summed E-state index contributed by atoms with van der Waals surface area (Å²) in [4.78, 5) is 21.5. The van der Waals surface area contributed by atoms with E-state index < -0.39 is 26.9 Å². The van der Waals surface area contributed by atoms with E-state index in [0.717, 1.165) is 18.2 Å². The highest BCUT2D eigenvalue weighted by Crippen LogP contribution is 2.36. The molecule has 0 fully saturated rings. The summed E-state index contributed by atoms with van der Waals surface area (Å²) in [5, 5.41) is 23.9. The molecule has 0 aliphatic heterocycles. The van der Waals surface area contributed by atoms with Crippen LogP contribution in [0.2, 0.25) is 0 Å². The lowest BCUT2D eigenvalue weighted by molar-refractivity contribution is -0.392. The molecular formula is C6H3N5O4. The maximum atomic E-state index is 10.5. The number of benzene rings is 1. The number of nitro groups is 2. The molecule has 0 spiro atoms. The van der Waals surface area contributed by atoms with Crippen LogP contribution in [-0.2, 0) is 0 Å². The molecule has 0 saturated carbocycles. The molecule has 0 amide bonds. The van der Waals surface area contributed by atoms with Crippen molar-refractivity contribution in [2.75, 3.05) is 0 Å². The van der Waals surface area contributed by atoms with Gasteiger partial charge in [0.2, 0.25) is 0 Å². The summed E-state index contributed by atoms with van der Waals surface area (Å²) < 4.78 is 0. The number of nitro benzene ring substituents is 2. The zero-order valence-corrected chi connectivity index (χ0v) is 7.10. The molecule has 0 saturated heterocycles. The minimum absolute atomic E-state index is 0.588. The van der Waals surface area contributed by atoms with Crippen LogP contribution in [0.4, 0.5) is 17.1 Å². The second-order valence-electron chi connectivity index (χ2n) is 2.35. The Morgan fingerprint density at radius 3 is 2.00 bits per heavy atom. The van der Waals surface area contributed by atoms with Crippen molar-refractivity contribution in [2.24, 2.45) is 5.11 Å². The van der Waals surface area contributed by atoms with Crippen LogP contribution in [0.3, 0.4) is 0 Å². The highest BCUT2D eigenvalue weighted by molar-refractivity contribution is 5.69. The number of rotatable bonds is 3. The van der Waals surface area contributed by atoms with E-state index in [1.54, 1.807) is 0 Å². The summed E-state index contributed by atoms with van der Waals surface area (Å²) >= 11 is 0. The van der Waals surface area contributed by atoms with Gasteiger partial charge in [0.15, 0.2) is 5.69 Å². The maximum absolute atomic E-state index is 10.5. The van der Waals surface area contributed by atoms with Crippen molar-refractivity contribution in [1.29, 1.82) is 0 Å². The first kappa shape index (κ1) is 10.4. The molecule has 0 radical (unpaired) electrons. The lowest BCUT2D eigenvalue weighted by Gasteiger charge is -1.96. The number of hydrogen-bond donors (Lipinski definition) is 0. The average molecular weight is 209 g/mol. The van der Waals surface area contributed by atoms with Gasteiger partial charge in [0, 0.05) is 17.0 Å². The molecule has 76 valence electrons. The fraction of sp³-hybridized carbons (Fsp3) is 0. The van der Waals surface area contributed by atoms with E-state index in [9.17, 15) is 20.2 Å². The van der Waals surface area contributed by atoms with Crippen LogP contribution in [0.25, 0.3) is 10.4 Å². The molecule has 1 aromatic rings. The molecule has 15 heavy (non-hydrogen) atoms. The largest absolute Gasteiger partial charge is 0.286 e. The number of hydrogen-bond acceptors (Lipinski definition) is 5. The highest BCUT2D eigenvalue weighted by atomic mass is 16.6. The third kappa shape index (κ3) is 1.98. The van der Waals surface area contributed by atoms with Crippen molar-refractivity contribution in [3.05, 3.63) is 48.9 Å². The third-order valence-corrected chi connectivity index (χ3v) is 1.53. The fourth-order valence-electron chi connectivity index (χ4n) is 0.961. The predicted octanol–water partition coefficient (Wildman–Crippen LogP) is 2.44. The van der Waals surface area contributed by atoms with Gasteiger partial charge in [0.05, 0.1) is 9.85 Å². The molecule has 9 nitrogen and oxygen atoms in total. The zero-order valence-electron chi connectivity index (χ0n) is 7.10. The Bertz CT molecular complexity index is 446. The summed E-state index contributed by atoms with van der Waals surface area (Å²) in [6.07, 6.45) is 0. The van der Waals surface area contributed by atoms with Gasteiger partial charge >= 0.3 is 0 Å². The highest BCUT2D eigenvalue weighted by Gasteiger charge is 2.22. The van der Waals surface area contributed by atoms with E-state index in [1.807, 2.05) is 0 Å². The molecule has 1 aromatic carbocycles. The van der Waals surface area contributed by atoms with Gasteiger partial charge < -0.3 is 0 Å². The Hall–Kier alpha value is -2.67. The SMILES string of the molecule is [N-]=[N+]=Nc1c([N+](=O)[O-])cccc1[N+](=O)[O-]. The molecule has 0 unspecified atom stereocenters. The standard InChI is InChI=1S/C6H3N5O4/c7-9-8-6-4(10(12)13)2-1-3-5(6)11(14)15/h1-3H. The lowest BCUT2D eigenvalue weighted by Crippen LogP contribution is -1.93. The molecule has 1 rings (SSSR count). The molecule has 0 heterocycles. The smallest absolute Gasteiger partial charge is 0.258 e. The van der Waals surface area contributed by atoms with Crippen LogP contribution in [0, 0.1) is 20.2 Å². The van der Waals surface area contributed by atoms with Crippen LogP contribution >= 0.6 is 0 Å². The maximum Gasteiger partial charge on any atom is 0.286 e. The van der Waals surface area contributed by atoms with Gasteiger partial charge in [-0.1, -0.05) is 0 Å². The molecule has 0 atom stereocenters. The molecule has 9 heteroatoms.